The summed E-state index contributed by atoms with van der Waals surface area (Å²) in [5.41, 5.74) is 1.58. The van der Waals surface area contributed by atoms with Crippen molar-refractivity contribution in [2.45, 2.75) is 29.8 Å². The monoisotopic (exact) mass is 407 g/mol. The van der Waals surface area contributed by atoms with E-state index in [1.807, 2.05) is 12.1 Å². The fourth-order valence-corrected chi connectivity index (χ4v) is 6.22. The van der Waals surface area contributed by atoms with E-state index in [4.69, 9.17) is 0 Å². The summed E-state index contributed by atoms with van der Waals surface area (Å²) in [5, 5.41) is 5.92. The van der Waals surface area contributed by atoms with Crippen molar-refractivity contribution in [1.29, 1.82) is 0 Å². The number of rotatable bonds is 2. The van der Waals surface area contributed by atoms with Gasteiger partial charge in [0.25, 0.3) is 0 Å². The Morgan fingerprint density at radius 3 is 2.55 bits per heavy atom. The van der Waals surface area contributed by atoms with Crippen LogP contribution in [-0.2, 0) is 21.2 Å². The van der Waals surface area contributed by atoms with Gasteiger partial charge in [0.1, 0.15) is 0 Å². The molecule has 1 spiro atoms. The zero-order valence-corrected chi connectivity index (χ0v) is 17.1. The van der Waals surface area contributed by atoms with Gasteiger partial charge in [-0.3, -0.25) is 4.90 Å². The van der Waals surface area contributed by atoms with Crippen LogP contribution in [0.3, 0.4) is 0 Å². The minimum absolute atomic E-state index is 0.343. The number of nitrogens with one attached hydrogen (secondary N) is 2. The summed E-state index contributed by atoms with van der Waals surface area (Å²) in [4.78, 5) is 2.77. The van der Waals surface area contributed by atoms with Crippen molar-refractivity contribution in [2.24, 2.45) is 0 Å². The molecule has 2 N–H and O–H groups in total. The van der Waals surface area contributed by atoms with E-state index in [1.165, 1.54) is 16.3 Å². The number of sulfonamides is 1. The molecular formula is C23H25N3O2S. The van der Waals surface area contributed by atoms with E-state index in [-0.39, 0.29) is 0 Å². The highest BCUT2D eigenvalue weighted by atomic mass is 32.3. The van der Waals surface area contributed by atoms with Crippen LogP contribution in [0.4, 0.5) is 5.69 Å². The maximum atomic E-state index is 12.9. The Morgan fingerprint density at radius 2 is 1.69 bits per heavy atom. The van der Waals surface area contributed by atoms with Gasteiger partial charge in [-0.05, 0) is 41.3 Å². The molecule has 0 saturated carbocycles. The van der Waals surface area contributed by atoms with Crippen molar-refractivity contribution < 1.29 is 8.76 Å². The van der Waals surface area contributed by atoms with Crippen LogP contribution in [0, 0.1) is 0 Å². The van der Waals surface area contributed by atoms with Crippen LogP contribution < -0.4 is 10.0 Å². The van der Waals surface area contributed by atoms with Crippen molar-refractivity contribution in [3.8, 4) is 0 Å². The molecule has 29 heavy (non-hydrogen) atoms. The Balaban J connectivity index is 1.32. The Hall–Kier alpha value is -2.25. The Labute approximate surface area is 172 Å². The van der Waals surface area contributed by atoms with Gasteiger partial charge in [0.15, 0.2) is 15.3 Å². The minimum Gasteiger partial charge on any atom is -0.593 e. The van der Waals surface area contributed by atoms with Crippen LogP contribution in [0.1, 0.15) is 18.4 Å². The molecule has 2 aliphatic heterocycles. The highest BCUT2D eigenvalue weighted by Crippen LogP contribution is 2.34. The molecule has 6 heteroatoms. The molecular weight excluding hydrogens is 382 g/mol. The van der Waals surface area contributed by atoms with Crippen molar-refractivity contribution in [3.05, 3.63) is 72.3 Å². The van der Waals surface area contributed by atoms with E-state index in [0.29, 0.717) is 17.1 Å². The fourth-order valence-electron chi connectivity index (χ4n) is 4.58. The summed E-state index contributed by atoms with van der Waals surface area (Å²) >= 11 is 0. The zero-order valence-electron chi connectivity index (χ0n) is 16.3. The van der Waals surface area contributed by atoms with Gasteiger partial charge in [0.05, 0.1) is 11.2 Å². The van der Waals surface area contributed by atoms with E-state index >= 15 is 0 Å². The van der Waals surface area contributed by atoms with Crippen molar-refractivity contribution >= 4 is 26.9 Å². The molecule has 1 fully saturated rings. The molecule has 0 aliphatic carbocycles. The molecule has 2 heterocycles. The predicted octanol–water partition coefficient (Wildman–Crippen LogP) is 3.79. The van der Waals surface area contributed by atoms with Gasteiger partial charge in [-0.2, -0.15) is 0 Å². The van der Waals surface area contributed by atoms with E-state index < -0.39 is 15.9 Å². The number of hydrogen-bond acceptors (Lipinski definition) is 4. The first-order valence-corrected chi connectivity index (χ1v) is 11.6. The lowest BCUT2D eigenvalue weighted by atomic mass is 9.88. The van der Waals surface area contributed by atoms with Gasteiger partial charge in [0, 0.05) is 26.2 Å². The van der Waals surface area contributed by atoms with Gasteiger partial charge in [-0.15, -0.1) is 4.72 Å². The van der Waals surface area contributed by atoms with E-state index in [9.17, 15) is 8.76 Å². The molecule has 5 nitrogen and oxygen atoms in total. The second-order valence-electron chi connectivity index (χ2n) is 8.15. The van der Waals surface area contributed by atoms with Crippen LogP contribution in [0.5, 0.6) is 0 Å². The number of anilines is 1. The number of hydrogen-bond donors (Lipinski definition) is 2. The third kappa shape index (κ3) is 3.57. The summed E-state index contributed by atoms with van der Waals surface area (Å²) in [6.07, 6.45) is 1.58. The Bertz CT molecular complexity index is 1090. The van der Waals surface area contributed by atoms with E-state index in [1.54, 1.807) is 12.1 Å². The lowest BCUT2D eigenvalue weighted by molar-refractivity contribution is 0.151. The molecule has 0 bridgehead atoms. The topological polar surface area (TPSA) is 67.4 Å². The zero-order chi connectivity index (χ0) is 19.9. The van der Waals surface area contributed by atoms with Gasteiger partial charge < -0.3 is 9.87 Å². The molecule has 150 valence electrons. The van der Waals surface area contributed by atoms with Crippen LogP contribution in [-0.4, -0.2) is 34.6 Å². The quantitative estimate of drug-likeness (QED) is 0.634. The van der Waals surface area contributed by atoms with Gasteiger partial charge in [-0.1, -0.05) is 58.8 Å². The van der Waals surface area contributed by atoms with E-state index in [0.717, 1.165) is 32.5 Å². The Morgan fingerprint density at radius 1 is 0.966 bits per heavy atom. The number of likely N-dealkylation sites (tertiary alicyclic amines) is 1. The van der Waals surface area contributed by atoms with Crippen molar-refractivity contribution in [3.63, 3.8) is 0 Å². The SMILES string of the molecule is O=[S+]1([O-])NC2(CCN(Cc3cccc4ccccc34)CC2)CNc2ccccc21. The van der Waals surface area contributed by atoms with E-state index in [2.05, 4.69) is 57.4 Å². The number of nitrogens with zero attached hydrogens (tertiary/aromatic N) is 1. The Kier molecular flexibility index (Phi) is 4.67. The van der Waals surface area contributed by atoms with Crippen molar-refractivity contribution in [2.75, 3.05) is 25.0 Å². The molecule has 0 amide bonds. The number of benzene rings is 3. The van der Waals surface area contributed by atoms with Crippen LogP contribution in [0.25, 0.3) is 10.8 Å². The average molecular weight is 408 g/mol. The lowest BCUT2D eigenvalue weighted by Gasteiger charge is -2.41. The molecule has 3 aromatic carbocycles. The van der Waals surface area contributed by atoms with Crippen LogP contribution in [0.15, 0.2) is 71.6 Å². The number of piperidine rings is 1. The molecule has 3 aromatic rings. The molecule has 1 saturated heterocycles. The highest BCUT2D eigenvalue weighted by molar-refractivity contribution is 7.96. The van der Waals surface area contributed by atoms with Crippen LogP contribution in [0.2, 0.25) is 0 Å². The van der Waals surface area contributed by atoms with Gasteiger partial charge in [-0.25, -0.2) is 0 Å². The van der Waals surface area contributed by atoms with Crippen LogP contribution >= 0.6 is 0 Å². The fraction of sp³-hybridized carbons (Fsp3) is 0.304. The summed E-state index contributed by atoms with van der Waals surface area (Å²) < 4.78 is 28.9. The van der Waals surface area contributed by atoms with Crippen molar-refractivity contribution in [1.82, 2.24) is 9.62 Å². The minimum atomic E-state index is -3.52. The molecule has 0 radical (unpaired) electrons. The highest BCUT2D eigenvalue weighted by Gasteiger charge is 2.44. The van der Waals surface area contributed by atoms with Gasteiger partial charge in [0.2, 0.25) is 0 Å². The normalized spacial score (nSPS) is 24.0. The maximum Gasteiger partial charge on any atom is 0.198 e. The maximum absolute atomic E-state index is 12.9. The summed E-state index contributed by atoms with van der Waals surface area (Å²) in [5.74, 6) is 0. The first-order valence-electron chi connectivity index (χ1n) is 10.1. The molecule has 5 rings (SSSR count). The first-order chi connectivity index (χ1) is 14.0. The number of fused-ring (bicyclic) bond motifs is 2. The third-order valence-corrected chi connectivity index (χ3v) is 7.87. The molecule has 2 aliphatic rings. The molecule has 1 atom stereocenters. The summed E-state index contributed by atoms with van der Waals surface area (Å²) in [7, 11) is -3.52. The number of para-hydroxylation sites is 1. The second kappa shape index (κ2) is 7.22. The standard InChI is InChI=1S/C23H25N3O2S/c27-29(28)22-11-4-3-10-21(22)24-17-23(25-29)12-14-26(15-13-23)16-19-8-5-7-18-6-1-2-9-20(18)19/h1-11,24H,12-17H2,(H-,25,27,28). The third-order valence-electron chi connectivity index (χ3n) is 6.23. The predicted molar refractivity (Wildman–Crippen MR) is 116 cm³/mol. The first kappa shape index (κ1) is 18.8. The smallest absolute Gasteiger partial charge is 0.198 e. The molecule has 0 aromatic heterocycles. The summed E-state index contributed by atoms with van der Waals surface area (Å²) in [6, 6.07) is 22.1. The lowest BCUT2D eigenvalue weighted by Crippen LogP contribution is -2.58. The largest absolute Gasteiger partial charge is 0.593 e. The average Bonchev–Trinajstić information content (AvgIpc) is 2.85. The van der Waals surface area contributed by atoms with Gasteiger partial charge >= 0.3 is 0 Å². The molecule has 1 unspecified atom stereocenters. The second-order valence-corrected chi connectivity index (χ2v) is 9.80. The summed E-state index contributed by atoms with van der Waals surface area (Å²) in [6.45, 7) is 3.23.